The van der Waals surface area contributed by atoms with E-state index in [1.165, 1.54) is 6.20 Å². The molecule has 0 radical (unpaired) electrons. The Hall–Kier alpha value is -3.30. The van der Waals surface area contributed by atoms with Crippen LogP contribution in [0.3, 0.4) is 0 Å². The van der Waals surface area contributed by atoms with Gasteiger partial charge in [-0.3, -0.25) is 4.99 Å². The van der Waals surface area contributed by atoms with E-state index in [0.29, 0.717) is 18.1 Å². The zero-order valence-electron chi connectivity index (χ0n) is 17.4. The monoisotopic (exact) mass is 434 g/mol. The van der Waals surface area contributed by atoms with Crippen LogP contribution in [-0.2, 0) is 13.1 Å². The first-order chi connectivity index (χ1) is 14.9. The van der Waals surface area contributed by atoms with E-state index in [0.717, 1.165) is 29.8 Å². The number of nitrogens with one attached hydrogen (secondary N) is 2. The molecule has 0 aliphatic heterocycles. The predicted octanol–water partition coefficient (Wildman–Crippen LogP) is 3.44. The maximum absolute atomic E-state index is 12.4. The molecule has 3 aromatic rings. The molecular formula is C21H25F3N6O. The van der Waals surface area contributed by atoms with Crippen LogP contribution < -0.4 is 15.4 Å². The van der Waals surface area contributed by atoms with Crippen molar-refractivity contribution in [3.8, 4) is 5.88 Å². The Morgan fingerprint density at radius 3 is 2.74 bits per heavy atom. The molecule has 2 N–H and O–H groups in total. The van der Waals surface area contributed by atoms with Gasteiger partial charge in [-0.05, 0) is 31.5 Å². The standard InChI is InChI=1S/C21H25F3N6O/c1-15-29-17-8-3-4-9-18(17)30(15)12-6-11-27-20(25-2)28-13-16-7-5-10-26-19(16)31-14-21(22,23)24/h3-5,7-10H,6,11-14H2,1-2H3,(H2,25,27,28). The molecule has 7 nitrogen and oxygen atoms in total. The average Bonchev–Trinajstić information content (AvgIpc) is 3.07. The van der Waals surface area contributed by atoms with Crippen molar-refractivity contribution >= 4 is 17.0 Å². The number of imidazole rings is 1. The number of nitrogens with zero attached hydrogens (tertiary/aromatic N) is 4. The van der Waals surface area contributed by atoms with E-state index >= 15 is 0 Å². The topological polar surface area (TPSA) is 76.4 Å². The van der Waals surface area contributed by atoms with Crippen molar-refractivity contribution in [1.82, 2.24) is 25.2 Å². The van der Waals surface area contributed by atoms with Gasteiger partial charge in [0.2, 0.25) is 5.88 Å². The van der Waals surface area contributed by atoms with Crippen molar-refractivity contribution in [2.75, 3.05) is 20.2 Å². The Morgan fingerprint density at radius 1 is 1.16 bits per heavy atom. The lowest BCUT2D eigenvalue weighted by atomic mass is 10.2. The number of halogens is 3. The maximum atomic E-state index is 12.4. The fourth-order valence-electron chi connectivity index (χ4n) is 3.16. The molecule has 1 aromatic carbocycles. The highest BCUT2D eigenvalue weighted by Gasteiger charge is 2.29. The molecule has 0 spiro atoms. The van der Waals surface area contributed by atoms with Crippen LogP contribution in [0.4, 0.5) is 13.2 Å². The van der Waals surface area contributed by atoms with Crippen LogP contribution in [0.25, 0.3) is 11.0 Å². The molecule has 0 aliphatic rings. The molecule has 0 amide bonds. The van der Waals surface area contributed by atoms with E-state index < -0.39 is 12.8 Å². The van der Waals surface area contributed by atoms with Crippen molar-refractivity contribution in [1.29, 1.82) is 0 Å². The first kappa shape index (κ1) is 22.4. The number of hydrogen-bond acceptors (Lipinski definition) is 4. The van der Waals surface area contributed by atoms with E-state index in [2.05, 4.69) is 36.2 Å². The van der Waals surface area contributed by atoms with Gasteiger partial charge in [0.25, 0.3) is 0 Å². The van der Waals surface area contributed by atoms with Crippen LogP contribution in [0.2, 0.25) is 0 Å². The van der Waals surface area contributed by atoms with Crippen molar-refractivity contribution in [3.63, 3.8) is 0 Å². The van der Waals surface area contributed by atoms with Crippen molar-refractivity contribution in [2.24, 2.45) is 4.99 Å². The second kappa shape index (κ2) is 10.1. The average molecular weight is 434 g/mol. The highest BCUT2D eigenvalue weighted by Crippen LogP contribution is 2.20. The van der Waals surface area contributed by atoms with Gasteiger partial charge in [-0.25, -0.2) is 9.97 Å². The van der Waals surface area contributed by atoms with Gasteiger partial charge in [-0.2, -0.15) is 13.2 Å². The smallest absolute Gasteiger partial charge is 0.422 e. The first-order valence-electron chi connectivity index (χ1n) is 9.87. The lowest BCUT2D eigenvalue weighted by Gasteiger charge is -2.15. The van der Waals surface area contributed by atoms with Crippen LogP contribution in [0, 0.1) is 6.92 Å². The molecule has 10 heteroatoms. The summed E-state index contributed by atoms with van der Waals surface area (Å²) in [6.07, 6.45) is -2.18. The Labute approximate surface area is 178 Å². The van der Waals surface area contributed by atoms with E-state index in [4.69, 9.17) is 4.74 Å². The van der Waals surface area contributed by atoms with Crippen LogP contribution in [0.1, 0.15) is 17.8 Å². The lowest BCUT2D eigenvalue weighted by Crippen LogP contribution is -2.37. The minimum atomic E-state index is -4.42. The maximum Gasteiger partial charge on any atom is 0.422 e. The third-order valence-electron chi connectivity index (χ3n) is 4.59. The third kappa shape index (κ3) is 6.34. The molecule has 0 atom stereocenters. The summed E-state index contributed by atoms with van der Waals surface area (Å²) in [5.41, 5.74) is 2.59. The lowest BCUT2D eigenvalue weighted by molar-refractivity contribution is -0.154. The Balaban J connectivity index is 1.49. The summed E-state index contributed by atoms with van der Waals surface area (Å²) in [4.78, 5) is 12.6. The minimum Gasteiger partial charge on any atom is -0.468 e. The summed E-state index contributed by atoms with van der Waals surface area (Å²) in [6, 6.07) is 11.3. The summed E-state index contributed by atoms with van der Waals surface area (Å²) in [5, 5.41) is 6.29. The molecule has 3 rings (SSSR count). The summed E-state index contributed by atoms with van der Waals surface area (Å²) in [7, 11) is 1.63. The summed E-state index contributed by atoms with van der Waals surface area (Å²) in [5.74, 6) is 1.45. The predicted molar refractivity (Wildman–Crippen MR) is 113 cm³/mol. The molecule has 0 unspecified atom stereocenters. The van der Waals surface area contributed by atoms with Gasteiger partial charge in [0.1, 0.15) is 5.82 Å². The molecular weight excluding hydrogens is 409 g/mol. The van der Waals surface area contributed by atoms with E-state index in [1.54, 1.807) is 19.2 Å². The molecule has 0 aliphatic carbocycles. The Kier molecular flexibility index (Phi) is 7.32. The van der Waals surface area contributed by atoms with Gasteiger partial charge in [-0.15, -0.1) is 0 Å². The van der Waals surface area contributed by atoms with Crippen LogP contribution >= 0.6 is 0 Å². The number of benzene rings is 1. The quantitative estimate of drug-likeness (QED) is 0.323. The van der Waals surface area contributed by atoms with Gasteiger partial charge in [0.05, 0.1) is 11.0 Å². The number of pyridine rings is 1. The number of guanidine groups is 1. The minimum absolute atomic E-state index is 0.0507. The van der Waals surface area contributed by atoms with Crippen molar-refractivity contribution in [2.45, 2.75) is 32.6 Å². The number of para-hydroxylation sites is 2. The summed E-state index contributed by atoms with van der Waals surface area (Å²) >= 11 is 0. The molecule has 2 aromatic heterocycles. The number of aromatic nitrogens is 3. The molecule has 0 bridgehead atoms. The van der Waals surface area contributed by atoms with Gasteiger partial charge in [0.15, 0.2) is 12.6 Å². The van der Waals surface area contributed by atoms with Gasteiger partial charge in [0, 0.05) is 38.4 Å². The SMILES string of the molecule is CN=C(NCCCn1c(C)nc2ccccc21)NCc1cccnc1OCC(F)(F)F. The Morgan fingerprint density at radius 2 is 1.97 bits per heavy atom. The summed E-state index contributed by atoms with van der Waals surface area (Å²) in [6.45, 7) is 2.29. The highest BCUT2D eigenvalue weighted by atomic mass is 19.4. The van der Waals surface area contributed by atoms with Gasteiger partial charge < -0.3 is 19.9 Å². The molecule has 166 valence electrons. The fourth-order valence-corrected chi connectivity index (χ4v) is 3.16. The normalized spacial score (nSPS) is 12.2. The van der Waals surface area contributed by atoms with Crippen molar-refractivity contribution < 1.29 is 17.9 Å². The van der Waals surface area contributed by atoms with Crippen LogP contribution in [0.15, 0.2) is 47.6 Å². The zero-order valence-corrected chi connectivity index (χ0v) is 17.4. The first-order valence-corrected chi connectivity index (χ1v) is 9.87. The second-order valence-electron chi connectivity index (χ2n) is 6.88. The number of rotatable bonds is 8. The van der Waals surface area contributed by atoms with E-state index in [1.807, 2.05) is 25.1 Å². The Bertz CT molecular complexity index is 1030. The third-order valence-corrected chi connectivity index (χ3v) is 4.59. The van der Waals surface area contributed by atoms with E-state index in [9.17, 15) is 13.2 Å². The van der Waals surface area contributed by atoms with Gasteiger partial charge in [-0.1, -0.05) is 18.2 Å². The largest absolute Gasteiger partial charge is 0.468 e. The van der Waals surface area contributed by atoms with Gasteiger partial charge >= 0.3 is 6.18 Å². The molecule has 0 fully saturated rings. The number of fused-ring (bicyclic) bond motifs is 1. The van der Waals surface area contributed by atoms with Crippen LogP contribution in [0.5, 0.6) is 5.88 Å². The number of aliphatic imine (C=N–C) groups is 1. The highest BCUT2D eigenvalue weighted by molar-refractivity contribution is 5.79. The number of aryl methyl sites for hydroxylation is 2. The fraction of sp³-hybridized carbons (Fsp3) is 0.381. The molecule has 2 heterocycles. The molecule has 0 saturated heterocycles. The van der Waals surface area contributed by atoms with Crippen LogP contribution in [-0.4, -0.2) is 46.9 Å². The summed E-state index contributed by atoms with van der Waals surface area (Å²) < 4.78 is 44.3. The zero-order chi connectivity index (χ0) is 22.3. The number of alkyl halides is 3. The molecule has 31 heavy (non-hydrogen) atoms. The van der Waals surface area contributed by atoms with Crippen molar-refractivity contribution in [3.05, 3.63) is 54.0 Å². The number of hydrogen-bond donors (Lipinski definition) is 2. The van der Waals surface area contributed by atoms with E-state index in [-0.39, 0.29) is 12.4 Å². The molecule has 0 saturated carbocycles. The second-order valence-corrected chi connectivity index (χ2v) is 6.88. The number of ether oxygens (including phenoxy) is 1.